The van der Waals surface area contributed by atoms with Crippen LogP contribution in [0.15, 0.2) is 83.8 Å². The van der Waals surface area contributed by atoms with E-state index < -0.39 is 22.5 Å². The van der Waals surface area contributed by atoms with Gasteiger partial charge in [-0.05, 0) is 67.6 Å². The number of carbonyl (C=O) groups is 1. The molecule has 6 nitrogen and oxygen atoms in total. The van der Waals surface area contributed by atoms with E-state index in [1.54, 1.807) is 54.6 Å². The summed E-state index contributed by atoms with van der Waals surface area (Å²) in [4.78, 5) is 13.0. The zero-order valence-electron chi connectivity index (χ0n) is 16.2. The van der Waals surface area contributed by atoms with Crippen molar-refractivity contribution in [1.29, 1.82) is 0 Å². The molecule has 0 aliphatic heterocycles. The van der Waals surface area contributed by atoms with Gasteiger partial charge in [0.15, 0.2) is 6.61 Å². The van der Waals surface area contributed by atoms with Crippen molar-refractivity contribution in [2.75, 3.05) is 17.5 Å². The van der Waals surface area contributed by atoms with Crippen molar-refractivity contribution in [1.82, 2.24) is 0 Å². The molecule has 0 atom stereocenters. The fourth-order valence-corrected chi connectivity index (χ4v) is 4.25. The molecule has 0 fully saturated rings. The highest BCUT2D eigenvalue weighted by atomic mass is 35.5. The second-order valence-corrected chi connectivity index (χ2v) is 8.37. The monoisotopic (exact) mass is 445 g/mol. The van der Waals surface area contributed by atoms with Crippen LogP contribution in [0.25, 0.3) is 0 Å². The maximum atomic E-state index is 13.2. The van der Waals surface area contributed by atoms with E-state index >= 15 is 0 Å². The quantitative estimate of drug-likeness (QED) is 0.509. The van der Waals surface area contributed by atoms with E-state index in [-0.39, 0.29) is 10.6 Å². The number of halogens is 1. The number of amides is 1. The van der Waals surface area contributed by atoms with Crippen LogP contribution in [-0.2, 0) is 14.8 Å². The molecule has 3 aromatic carbocycles. The Morgan fingerprint density at radius 3 is 2.03 bits per heavy atom. The predicted molar refractivity (Wildman–Crippen MR) is 116 cm³/mol. The third kappa shape index (κ3) is 5.11. The van der Waals surface area contributed by atoms with E-state index in [1.807, 2.05) is 6.92 Å². The minimum Gasteiger partial charge on any atom is -0.494 e. The van der Waals surface area contributed by atoms with Crippen LogP contribution in [0.3, 0.4) is 0 Å². The van der Waals surface area contributed by atoms with E-state index in [1.165, 1.54) is 24.3 Å². The largest absolute Gasteiger partial charge is 0.494 e. The summed E-state index contributed by atoms with van der Waals surface area (Å²) in [5, 5.41) is 0.524. The van der Waals surface area contributed by atoms with E-state index in [2.05, 4.69) is 0 Å². The van der Waals surface area contributed by atoms with Crippen LogP contribution in [0.5, 0.6) is 11.5 Å². The molecule has 0 aliphatic rings. The Morgan fingerprint density at radius 2 is 1.43 bits per heavy atom. The predicted octanol–water partition coefficient (Wildman–Crippen LogP) is 4.54. The van der Waals surface area contributed by atoms with Gasteiger partial charge in [0.25, 0.3) is 15.9 Å². The molecule has 0 spiro atoms. The van der Waals surface area contributed by atoms with Crippen LogP contribution in [0.4, 0.5) is 5.69 Å². The molecular formula is C22H20ClNO5S. The summed E-state index contributed by atoms with van der Waals surface area (Å²) in [6.45, 7) is 1.85. The Kier molecular flexibility index (Phi) is 6.97. The van der Waals surface area contributed by atoms with Crippen molar-refractivity contribution in [3.8, 4) is 11.5 Å². The lowest BCUT2D eigenvalue weighted by atomic mass is 10.3. The van der Waals surface area contributed by atoms with Gasteiger partial charge in [0.1, 0.15) is 11.5 Å². The Labute approximate surface area is 180 Å². The van der Waals surface area contributed by atoms with Crippen molar-refractivity contribution < 1.29 is 22.7 Å². The van der Waals surface area contributed by atoms with Crippen molar-refractivity contribution in [3.63, 3.8) is 0 Å². The second-order valence-electron chi connectivity index (χ2n) is 6.15. The molecule has 0 unspecified atom stereocenters. The number of benzene rings is 3. The molecule has 1 amide bonds. The number of anilines is 1. The number of hydrogen-bond donors (Lipinski definition) is 0. The third-order valence-corrected chi connectivity index (χ3v) is 6.08. The van der Waals surface area contributed by atoms with Gasteiger partial charge in [-0.3, -0.25) is 4.79 Å². The van der Waals surface area contributed by atoms with Gasteiger partial charge in [0, 0.05) is 5.02 Å². The SMILES string of the molecule is CCOc1ccc(N(C(=O)COc2ccc(Cl)cc2)S(=O)(=O)c2ccccc2)cc1. The van der Waals surface area contributed by atoms with Crippen LogP contribution in [0.2, 0.25) is 5.02 Å². The van der Waals surface area contributed by atoms with Crippen LogP contribution in [-0.4, -0.2) is 27.5 Å². The van der Waals surface area contributed by atoms with E-state index in [0.29, 0.717) is 23.1 Å². The molecule has 8 heteroatoms. The summed E-state index contributed by atoms with van der Waals surface area (Å²) >= 11 is 5.85. The molecular weight excluding hydrogens is 426 g/mol. The molecule has 3 aromatic rings. The molecule has 30 heavy (non-hydrogen) atoms. The number of sulfonamides is 1. The standard InChI is InChI=1S/C22H20ClNO5S/c1-2-28-19-14-10-18(11-15-19)24(30(26,27)21-6-4-3-5-7-21)22(25)16-29-20-12-8-17(23)9-13-20/h3-15H,2,16H2,1H3. The molecule has 0 saturated carbocycles. The molecule has 0 bridgehead atoms. The topological polar surface area (TPSA) is 72.9 Å². The molecule has 0 radical (unpaired) electrons. The molecule has 156 valence electrons. The number of carbonyl (C=O) groups excluding carboxylic acids is 1. The first-order valence-electron chi connectivity index (χ1n) is 9.16. The first-order valence-corrected chi connectivity index (χ1v) is 11.0. The zero-order chi connectivity index (χ0) is 21.6. The van der Waals surface area contributed by atoms with Crippen molar-refractivity contribution >= 4 is 33.2 Å². The summed E-state index contributed by atoms with van der Waals surface area (Å²) in [5.41, 5.74) is 0.187. The maximum Gasteiger partial charge on any atom is 0.278 e. The van der Waals surface area contributed by atoms with Gasteiger partial charge in [-0.1, -0.05) is 29.8 Å². The highest BCUT2D eigenvalue weighted by Crippen LogP contribution is 2.26. The molecule has 0 N–H and O–H groups in total. The van der Waals surface area contributed by atoms with Gasteiger partial charge >= 0.3 is 0 Å². The third-order valence-electron chi connectivity index (χ3n) is 4.07. The minimum absolute atomic E-state index is 0.00118. The maximum absolute atomic E-state index is 13.2. The van der Waals surface area contributed by atoms with Gasteiger partial charge in [-0.15, -0.1) is 0 Å². The first-order chi connectivity index (χ1) is 14.4. The molecule has 0 aromatic heterocycles. The fourth-order valence-electron chi connectivity index (χ4n) is 2.69. The second kappa shape index (κ2) is 9.65. The highest BCUT2D eigenvalue weighted by molar-refractivity contribution is 7.93. The molecule has 0 aliphatic carbocycles. The zero-order valence-corrected chi connectivity index (χ0v) is 17.8. The average molecular weight is 446 g/mol. The van der Waals surface area contributed by atoms with Gasteiger partial charge in [-0.2, -0.15) is 4.31 Å². The highest BCUT2D eigenvalue weighted by Gasteiger charge is 2.31. The number of hydrogen-bond acceptors (Lipinski definition) is 5. The normalized spacial score (nSPS) is 11.0. The van der Waals surface area contributed by atoms with Crippen LogP contribution >= 0.6 is 11.6 Å². The van der Waals surface area contributed by atoms with Gasteiger partial charge < -0.3 is 9.47 Å². The Hall–Kier alpha value is -3.03. The lowest BCUT2D eigenvalue weighted by molar-refractivity contribution is -0.119. The summed E-state index contributed by atoms with van der Waals surface area (Å²) in [7, 11) is -4.15. The van der Waals surface area contributed by atoms with Gasteiger partial charge in [-0.25, -0.2) is 8.42 Å². The van der Waals surface area contributed by atoms with E-state index in [9.17, 15) is 13.2 Å². The lowest BCUT2D eigenvalue weighted by Crippen LogP contribution is -2.40. The summed E-state index contributed by atoms with van der Waals surface area (Å²) < 4.78 is 38.1. The van der Waals surface area contributed by atoms with E-state index in [0.717, 1.165) is 4.31 Å². The van der Waals surface area contributed by atoms with E-state index in [4.69, 9.17) is 21.1 Å². The Balaban J connectivity index is 1.92. The summed E-state index contributed by atoms with van der Waals surface area (Å²) in [6.07, 6.45) is 0. The van der Waals surface area contributed by atoms with Gasteiger partial charge in [0.05, 0.1) is 17.2 Å². The van der Waals surface area contributed by atoms with Gasteiger partial charge in [0.2, 0.25) is 0 Å². The summed E-state index contributed by atoms with van der Waals surface area (Å²) in [5.74, 6) is 0.234. The summed E-state index contributed by atoms with van der Waals surface area (Å²) in [6, 6.07) is 20.5. The minimum atomic E-state index is -4.15. The van der Waals surface area contributed by atoms with Crippen LogP contribution in [0, 0.1) is 0 Å². The van der Waals surface area contributed by atoms with Crippen LogP contribution in [0.1, 0.15) is 6.92 Å². The smallest absolute Gasteiger partial charge is 0.278 e. The van der Waals surface area contributed by atoms with Crippen molar-refractivity contribution in [2.24, 2.45) is 0 Å². The lowest BCUT2D eigenvalue weighted by Gasteiger charge is -2.23. The van der Waals surface area contributed by atoms with Crippen molar-refractivity contribution in [3.05, 3.63) is 83.9 Å². The Morgan fingerprint density at radius 1 is 0.867 bits per heavy atom. The van der Waals surface area contributed by atoms with Crippen LogP contribution < -0.4 is 13.8 Å². The number of rotatable bonds is 8. The number of nitrogens with zero attached hydrogens (tertiary/aromatic N) is 1. The molecule has 3 rings (SSSR count). The molecule has 0 saturated heterocycles. The number of ether oxygens (including phenoxy) is 2. The van der Waals surface area contributed by atoms with Crippen molar-refractivity contribution in [2.45, 2.75) is 11.8 Å². The average Bonchev–Trinajstić information content (AvgIpc) is 2.75. The Bertz CT molecular complexity index is 1080. The first kappa shape index (κ1) is 21.7. The molecule has 0 heterocycles. The fraction of sp³-hybridized carbons (Fsp3) is 0.136.